The van der Waals surface area contributed by atoms with Gasteiger partial charge in [-0.3, -0.25) is 9.59 Å². The molecule has 1 spiro atoms. The molecule has 0 heterocycles. The number of aldehydes is 1. The molecule has 0 aromatic heterocycles. The van der Waals surface area contributed by atoms with Gasteiger partial charge in [-0.05, 0) is 85.9 Å². The van der Waals surface area contributed by atoms with Crippen LogP contribution < -0.4 is 0 Å². The monoisotopic (exact) mass is 360 g/mol. The number of carbonyl (C=O) groups is 2. The first-order valence-corrected chi connectivity index (χ1v) is 10.8. The van der Waals surface area contributed by atoms with Gasteiger partial charge in [-0.2, -0.15) is 0 Å². The molecule has 0 radical (unpaired) electrons. The minimum absolute atomic E-state index is 0.198. The van der Waals surface area contributed by atoms with Crippen molar-refractivity contribution in [2.45, 2.75) is 91.6 Å². The smallest absolute Gasteiger partial charge is 0.303 e. The fraction of sp³-hybridized carbons (Fsp3) is 0.913. The van der Waals surface area contributed by atoms with Crippen molar-refractivity contribution in [3.05, 3.63) is 0 Å². The Balaban J connectivity index is 1.85. The molecule has 0 aliphatic heterocycles. The van der Waals surface area contributed by atoms with Crippen LogP contribution in [-0.4, -0.2) is 17.9 Å². The van der Waals surface area contributed by atoms with Crippen LogP contribution in [0.5, 0.6) is 0 Å². The van der Waals surface area contributed by atoms with Crippen molar-refractivity contribution in [2.24, 2.45) is 39.9 Å². The second-order valence-electron chi connectivity index (χ2n) is 11.1. The fourth-order valence-electron chi connectivity index (χ4n) is 8.63. The standard InChI is InChI=1S/C23H36O3/c1-15-12-22-9-8-18-20(3,4)10-11-23(14-24,26-16(2)25)21(18,5)19(22)7-6-17(15)13-22/h14-15,17-19H,6-13H2,1-5H3/t15-,17+,18+,19+,21+,22+,23?/m1/s1. The highest BCUT2D eigenvalue weighted by Crippen LogP contribution is 2.74. The fourth-order valence-corrected chi connectivity index (χ4v) is 8.63. The topological polar surface area (TPSA) is 43.4 Å². The highest BCUT2D eigenvalue weighted by Gasteiger charge is 2.71. The lowest BCUT2D eigenvalue weighted by molar-refractivity contribution is -0.246. The summed E-state index contributed by atoms with van der Waals surface area (Å²) in [5.41, 5.74) is -0.606. The Kier molecular flexibility index (Phi) is 3.97. The van der Waals surface area contributed by atoms with Crippen molar-refractivity contribution < 1.29 is 14.3 Å². The van der Waals surface area contributed by atoms with Gasteiger partial charge in [0.2, 0.25) is 0 Å². The van der Waals surface area contributed by atoms with Gasteiger partial charge in [0.1, 0.15) is 0 Å². The maximum Gasteiger partial charge on any atom is 0.303 e. The van der Waals surface area contributed by atoms with Crippen LogP contribution in [0.3, 0.4) is 0 Å². The Morgan fingerprint density at radius 1 is 1.00 bits per heavy atom. The van der Waals surface area contributed by atoms with Crippen LogP contribution >= 0.6 is 0 Å². The first-order valence-electron chi connectivity index (χ1n) is 10.8. The zero-order valence-electron chi connectivity index (χ0n) is 17.3. The van der Waals surface area contributed by atoms with Gasteiger partial charge >= 0.3 is 5.97 Å². The van der Waals surface area contributed by atoms with E-state index in [-0.39, 0.29) is 16.8 Å². The predicted molar refractivity (Wildman–Crippen MR) is 101 cm³/mol. The second kappa shape index (κ2) is 5.58. The van der Waals surface area contributed by atoms with Crippen molar-refractivity contribution in [1.82, 2.24) is 0 Å². The lowest BCUT2D eigenvalue weighted by Gasteiger charge is -2.68. The molecule has 4 aliphatic rings. The van der Waals surface area contributed by atoms with Gasteiger partial charge in [0.05, 0.1) is 0 Å². The summed E-state index contributed by atoms with van der Waals surface area (Å²) in [6.07, 6.45) is 10.3. The summed E-state index contributed by atoms with van der Waals surface area (Å²) in [7, 11) is 0. The third-order valence-corrected chi connectivity index (χ3v) is 9.66. The Labute approximate surface area is 158 Å². The lowest BCUT2D eigenvalue weighted by atomic mass is 9.37. The van der Waals surface area contributed by atoms with Crippen LogP contribution in [0.15, 0.2) is 0 Å². The van der Waals surface area contributed by atoms with Crippen LogP contribution in [-0.2, 0) is 14.3 Å². The largest absolute Gasteiger partial charge is 0.451 e. The van der Waals surface area contributed by atoms with E-state index in [0.29, 0.717) is 23.7 Å². The highest BCUT2D eigenvalue weighted by molar-refractivity contribution is 5.74. The third kappa shape index (κ3) is 2.18. The Hall–Kier alpha value is -0.860. The SMILES string of the molecule is CC(=O)OC1(C=O)CCC(C)(C)[C@@H]2CC[C@]34C[C@H](CC[C@H]3[C@]21C)[C@H](C)C4. The normalized spacial score (nSPS) is 51.9. The summed E-state index contributed by atoms with van der Waals surface area (Å²) in [6.45, 7) is 11.0. The summed E-state index contributed by atoms with van der Waals surface area (Å²) in [5.74, 6) is 2.30. The van der Waals surface area contributed by atoms with Crippen LogP contribution in [0, 0.1) is 39.9 Å². The molecule has 3 nitrogen and oxygen atoms in total. The van der Waals surface area contributed by atoms with E-state index in [1.807, 2.05) is 0 Å². The molecule has 4 rings (SSSR count). The van der Waals surface area contributed by atoms with Gasteiger partial charge < -0.3 is 4.74 Å². The molecule has 4 fully saturated rings. The van der Waals surface area contributed by atoms with Gasteiger partial charge in [-0.15, -0.1) is 0 Å². The number of esters is 1. The molecule has 3 heteroatoms. The molecular formula is C23H36O3. The van der Waals surface area contributed by atoms with Gasteiger partial charge in [0.15, 0.2) is 11.9 Å². The van der Waals surface area contributed by atoms with Crippen LogP contribution in [0.25, 0.3) is 0 Å². The number of hydrogen-bond acceptors (Lipinski definition) is 3. The van der Waals surface area contributed by atoms with Crippen molar-refractivity contribution in [3.8, 4) is 0 Å². The van der Waals surface area contributed by atoms with Gasteiger partial charge in [-0.1, -0.05) is 27.7 Å². The Bertz CT molecular complexity index is 621. The van der Waals surface area contributed by atoms with Crippen LogP contribution in [0.1, 0.15) is 86.0 Å². The van der Waals surface area contributed by atoms with Crippen LogP contribution in [0.4, 0.5) is 0 Å². The Morgan fingerprint density at radius 2 is 1.73 bits per heavy atom. The van der Waals surface area contributed by atoms with Gasteiger partial charge in [-0.25, -0.2) is 0 Å². The second-order valence-corrected chi connectivity index (χ2v) is 11.1. The van der Waals surface area contributed by atoms with E-state index in [9.17, 15) is 9.59 Å². The average molecular weight is 361 g/mol. The summed E-state index contributed by atoms with van der Waals surface area (Å²) in [5, 5.41) is 0. The molecule has 26 heavy (non-hydrogen) atoms. The molecule has 146 valence electrons. The number of fused-ring (bicyclic) bond motifs is 3. The molecule has 4 saturated carbocycles. The van der Waals surface area contributed by atoms with E-state index in [4.69, 9.17) is 4.74 Å². The van der Waals surface area contributed by atoms with Gasteiger partial charge in [0.25, 0.3) is 0 Å². The van der Waals surface area contributed by atoms with Gasteiger partial charge in [0, 0.05) is 12.3 Å². The first-order chi connectivity index (χ1) is 12.1. The molecule has 1 unspecified atom stereocenters. The van der Waals surface area contributed by atoms with E-state index in [0.717, 1.165) is 24.5 Å². The van der Waals surface area contributed by atoms with E-state index in [2.05, 4.69) is 27.7 Å². The number of rotatable bonds is 2. The molecular weight excluding hydrogens is 324 g/mol. The van der Waals surface area contributed by atoms with Crippen molar-refractivity contribution in [3.63, 3.8) is 0 Å². The predicted octanol–water partition coefficient (Wildman–Crippen LogP) is 5.17. The third-order valence-electron chi connectivity index (χ3n) is 9.66. The van der Waals surface area contributed by atoms with Crippen molar-refractivity contribution in [2.75, 3.05) is 0 Å². The molecule has 0 amide bonds. The summed E-state index contributed by atoms with van der Waals surface area (Å²) in [4.78, 5) is 24.6. The van der Waals surface area contributed by atoms with Crippen molar-refractivity contribution in [1.29, 1.82) is 0 Å². The van der Waals surface area contributed by atoms with E-state index < -0.39 is 5.60 Å². The van der Waals surface area contributed by atoms with Crippen LogP contribution in [0.2, 0.25) is 0 Å². The maximum absolute atomic E-state index is 12.6. The lowest BCUT2D eigenvalue weighted by Crippen LogP contribution is -2.68. The summed E-state index contributed by atoms with van der Waals surface area (Å²) < 4.78 is 5.97. The number of carbonyl (C=O) groups excluding carboxylic acids is 2. The first kappa shape index (κ1) is 18.5. The molecule has 0 aromatic carbocycles. The van der Waals surface area contributed by atoms with E-state index in [1.165, 1.54) is 45.4 Å². The minimum atomic E-state index is -0.935. The average Bonchev–Trinajstić information content (AvgIpc) is 2.79. The Morgan fingerprint density at radius 3 is 2.38 bits per heavy atom. The highest BCUT2D eigenvalue weighted by atomic mass is 16.6. The molecule has 0 saturated heterocycles. The zero-order chi connectivity index (χ0) is 19.0. The molecule has 0 N–H and O–H groups in total. The summed E-state index contributed by atoms with van der Waals surface area (Å²) >= 11 is 0. The molecule has 2 bridgehead atoms. The number of hydrogen-bond donors (Lipinski definition) is 0. The van der Waals surface area contributed by atoms with E-state index >= 15 is 0 Å². The summed E-state index contributed by atoms with van der Waals surface area (Å²) in [6, 6.07) is 0. The van der Waals surface area contributed by atoms with E-state index in [1.54, 1.807) is 0 Å². The molecule has 0 aromatic rings. The minimum Gasteiger partial charge on any atom is -0.451 e. The zero-order valence-corrected chi connectivity index (χ0v) is 17.3. The van der Waals surface area contributed by atoms with Crippen molar-refractivity contribution >= 4 is 12.3 Å². The quantitative estimate of drug-likeness (QED) is 0.504. The number of ether oxygens (including phenoxy) is 1. The molecule has 7 atom stereocenters. The molecule has 4 aliphatic carbocycles. The maximum atomic E-state index is 12.6.